The largest absolute Gasteiger partial charge is 0.481 e. The molecule has 0 saturated carbocycles. The molecule has 0 amide bonds. The van der Waals surface area contributed by atoms with Gasteiger partial charge in [-0.25, -0.2) is 0 Å². The third kappa shape index (κ3) is 38.4. The normalized spacial score (nSPS) is 11.7. The molecular weight excluding hydrogens is 544 g/mol. The summed E-state index contributed by atoms with van der Waals surface area (Å²) in [6.07, 6.45) is 47.6. The van der Waals surface area contributed by atoms with E-state index in [1.54, 1.807) is 0 Å². The molecule has 0 fully saturated rings. The highest BCUT2D eigenvalue weighted by Gasteiger charge is 2.03. The molecule has 0 aliphatic rings. The highest BCUT2D eigenvalue weighted by molar-refractivity contribution is 5.69. The molecule has 0 spiro atoms. The lowest BCUT2D eigenvalue weighted by Crippen LogP contribution is -2.05. The van der Waals surface area contributed by atoms with E-state index in [1.165, 1.54) is 154 Å². The van der Waals surface area contributed by atoms with Gasteiger partial charge < -0.3 is 9.84 Å². The van der Waals surface area contributed by atoms with Crippen molar-refractivity contribution in [2.45, 2.75) is 212 Å². The van der Waals surface area contributed by atoms with E-state index in [-0.39, 0.29) is 5.97 Å². The van der Waals surface area contributed by atoms with Gasteiger partial charge in [0.05, 0.1) is 6.61 Å². The summed E-state index contributed by atoms with van der Waals surface area (Å²) in [6, 6.07) is 0. The van der Waals surface area contributed by atoms with E-state index in [0.717, 1.165) is 38.5 Å². The fourth-order valence-electron chi connectivity index (χ4n) is 5.72. The van der Waals surface area contributed by atoms with E-state index in [1.807, 2.05) is 0 Å². The molecule has 258 valence electrons. The van der Waals surface area contributed by atoms with Gasteiger partial charge in [0.1, 0.15) is 0 Å². The van der Waals surface area contributed by atoms with Crippen LogP contribution >= 0.6 is 0 Å². The van der Waals surface area contributed by atoms with Crippen molar-refractivity contribution in [3.05, 3.63) is 24.3 Å². The summed E-state index contributed by atoms with van der Waals surface area (Å²) >= 11 is 0. The fourth-order valence-corrected chi connectivity index (χ4v) is 5.72. The second-order valence-electron chi connectivity index (χ2n) is 13.1. The highest BCUT2D eigenvalue weighted by Crippen LogP contribution is 2.15. The van der Waals surface area contributed by atoms with Crippen molar-refractivity contribution in [3.8, 4) is 0 Å². The molecule has 0 heterocycles. The van der Waals surface area contributed by atoms with Gasteiger partial charge in [-0.1, -0.05) is 172 Å². The molecule has 0 aliphatic carbocycles. The molecule has 1 N–H and O–H groups in total. The molecule has 0 aromatic heterocycles. The first-order valence-corrected chi connectivity index (χ1v) is 19.3. The van der Waals surface area contributed by atoms with Crippen LogP contribution in [-0.2, 0) is 14.3 Å². The Balaban J connectivity index is 3.20. The lowest BCUT2D eigenvalue weighted by Gasteiger charge is -2.06. The van der Waals surface area contributed by atoms with Crippen molar-refractivity contribution in [2.24, 2.45) is 0 Å². The molecular formula is C40H74O4. The van der Waals surface area contributed by atoms with E-state index >= 15 is 0 Å². The summed E-state index contributed by atoms with van der Waals surface area (Å²) in [5.41, 5.74) is 0. The van der Waals surface area contributed by atoms with Crippen LogP contribution in [0.3, 0.4) is 0 Å². The topological polar surface area (TPSA) is 63.6 Å². The van der Waals surface area contributed by atoms with Gasteiger partial charge in [0.25, 0.3) is 0 Å². The molecule has 4 heteroatoms. The monoisotopic (exact) mass is 619 g/mol. The lowest BCUT2D eigenvalue weighted by atomic mass is 10.0. The molecule has 0 unspecified atom stereocenters. The standard InChI is InChI=1S/C40H74O4/c1-2-3-4-5-6-7-8-9-15-19-22-25-28-31-34-37-40(43)44-38-35-32-29-26-23-20-17-14-12-10-11-13-16-18-21-24-27-30-33-36-39(41)42/h6-7,9,15H,2-5,8,10-14,16-38H2,1H3,(H,41,42). The van der Waals surface area contributed by atoms with Crippen LogP contribution in [0.4, 0.5) is 0 Å². The number of carboxylic acid groups (broad SMARTS) is 1. The molecule has 0 bridgehead atoms. The predicted octanol–water partition coefficient (Wildman–Crippen LogP) is 13.2. The number of carboxylic acids is 1. The maximum atomic E-state index is 11.9. The molecule has 0 saturated heterocycles. The van der Waals surface area contributed by atoms with Crippen LogP contribution in [0.15, 0.2) is 24.3 Å². The molecule has 4 nitrogen and oxygen atoms in total. The van der Waals surface area contributed by atoms with Crippen LogP contribution in [0.5, 0.6) is 0 Å². The highest BCUT2D eigenvalue weighted by atomic mass is 16.5. The molecule has 44 heavy (non-hydrogen) atoms. The Morgan fingerprint density at radius 2 is 0.818 bits per heavy atom. The van der Waals surface area contributed by atoms with E-state index in [4.69, 9.17) is 9.84 Å². The van der Waals surface area contributed by atoms with Gasteiger partial charge in [-0.3, -0.25) is 9.59 Å². The van der Waals surface area contributed by atoms with Gasteiger partial charge in [-0.05, 0) is 51.4 Å². The van der Waals surface area contributed by atoms with Gasteiger partial charge in [-0.2, -0.15) is 0 Å². The van der Waals surface area contributed by atoms with Crippen LogP contribution in [0, 0.1) is 0 Å². The SMILES string of the molecule is CCCCCC=CCC=CCCCCCCCC(=O)OCCCCCCCCCCCCCCCCCCCCCC(=O)O. The third-order valence-corrected chi connectivity index (χ3v) is 8.63. The van der Waals surface area contributed by atoms with Crippen molar-refractivity contribution in [3.63, 3.8) is 0 Å². The maximum Gasteiger partial charge on any atom is 0.305 e. The zero-order valence-corrected chi connectivity index (χ0v) is 29.3. The zero-order chi connectivity index (χ0) is 32.0. The Bertz CT molecular complexity index is 654. The smallest absolute Gasteiger partial charge is 0.305 e. The minimum Gasteiger partial charge on any atom is -0.481 e. The van der Waals surface area contributed by atoms with Crippen molar-refractivity contribution in [1.82, 2.24) is 0 Å². The van der Waals surface area contributed by atoms with E-state index in [9.17, 15) is 9.59 Å². The number of hydrogen-bond acceptors (Lipinski definition) is 3. The lowest BCUT2D eigenvalue weighted by molar-refractivity contribution is -0.144. The summed E-state index contributed by atoms with van der Waals surface area (Å²) in [6.45, 7) is 2.85. The minimum atomic E-state index is -0.661. The summed E-state index contributed by atoms with van der Waals surface area (Å²) in [4.78, 5) is 22.4. The van der Waals surface area contributed by atoms with E-state index < -0.39 is 5.97 Å². The molecule has 0 atom stereocenters. The quantitative estimate of drug-likeness (QED) is 0.0431. The number of carbonyl (C=O) groups excluding carboxylic acids is 1. The number of esters is 1. The van der Waals surface area contributed by atoms with Gasteiger partial charge in [0.15, 0.2) is 0 Å². The van der Waals surface area contributed by atoms with Crippen LogP contribution in [0.25, 0.3) is 0 Å². The average molecular weight is 619 g/mol. The van der Waals surface area contributed by atoms with Crippen LogP contribution in [0.1, 0.15) is 212 Å². The summed E-state index contributed by atoms with van der Waals surface area (Å²) in [7, 11) is 0. The Morgan fingerprint density at radius 1 is 0.455 bits per heavy atom. The Hall–Kier alpha value is -1.58. The number of carbonyl (C=O) groups is 2. The minimum absolute atomic E-state index is 0.00240. The van der Waals surface area contributed by atoms with Gasteiger partial charge >= 0.3 is 11.9 Å². The number of hydrogen-bond donors (Lipinski definition) is 1. The van der Waals surface area contributed by atoms with E-state index in [0.29, 0.717) is 19.4 Å². The number of allylic oxidation sites excluding steroid dienone is 4. The first-order valence-electron chi connectivity index (χ1n) is 19.3. The van der Waals surface area contributed by atoms with Gasteiger partial charge in [0, 0.05) is 12.8 Å². The summed E-state index contributed by atoms with van der Waals surface area (Å²) in [5, 5.41) is 8.64. The number of rotatable bonds is 36. The van der Waals surface area contributed by atoms with Crippen LogP contribution in [-0.4, -0.2) is 23.7 Å². The van der Waals surface area contributed by atoms with Crippen molar-refractivity contribution in [2.75, 3.05) is 6.61 Å². The number of ether oxygens (including phenoxy) is 1. The van der Waals surface area contributed by atoms with Crippen LogP contribution < -0.4 is 0 Å². The summed E-state index contributed by atoms with van der Waals surface area (Å²) in [5.74, 6) is -0.664. The van der Waals surface area contributed by atoms with Crippen molar-refractivity contribution < 1.29 is 19.4 Å². The molecule has 0 aromatic carbocycles. The maximum absolute atomic E-state index is 11.9. The van der Waals surface area contributed by atoms with Crippen LogP contribution in [0.2, 0.25) is 0 Å². The number of aliphatic carboxylic acids is 1. The predicted molar refractivity (Wildman–Crippen MR) is 190 cm³/mol. The second-order valence-corrected chi connectivity index (χ2v) is 13.1. The first-order chi connectivity index (χ1) is 21.7. The molecule has 0 rings (SSSR count). The third-order valence-electron chi connectivity index (χ3n) is 8.63. The Labute approximate surface area is 274 Å². The molecule has 0 radical (unpaired) electrons. The number of unbranched alkanes of at least 4 members (excludes halogenated alkanes) is 26. The van der Waals surface area contributed by atoms with Gasteiger partial charge in [-0.15, -0.1) is 0 Å². The average Bonchev–Trinajstić information content (AvgIpc) is 3.01. The molecule has 0 aliphatic heterocycles. The van der Waals surface area contributed by atoms with E-state index in [2.05, 4.69) is 31.2 Å². The van der Waals surface area contributed by atoms with Crippen molar-refractivity contribution in [1.29, 1.82) is 0 Å². The summed E-state index contributed by atoms with van der Waals surface area (Å²) < 4.78 is 5.43. The Kier molecular flexibility index (Phi) is 36.3. The first kappa shape index (κ1) is 42.4. The molecule has 0 aromatic rings. The fraction of sp³-hybridized carbons (Fsp3) is 0.850. The van der Waals surface area contributed by atoms with Crippen molar-refractivity contribution >= 4 is 11.9 Å². The zero-order valence-electron chi connectivity index (χ0n) is 29.3. The van der Waals surface area contributed by atoms with Gasteiger partial charge in [0.2, 0.25) is 0 Å². The Morgan fingerprint density at radius 3 is 1.25 bits per heavy atom. The second kappa shape index (κ2) is 37.6.